The predicted molar refractivity (Wildman–Crippen MR) is 86.8 cm³/mol. The van der Waals surface area contributed by atoms with Crippen molar-refractivity contribution in [2.24, 2.45) is 5.41 Å². The molecule has 6 heteroatoms. The maximum absolute atomic E-state index is 11.6. The zero-order valence-electron chi connectivity index (χ0n) is 13.2. The van der Waals surface area contributed by atoms with Crippen LogP contribution in [0.25, 0.3) is 0 Å². The van der Waals surface area contributed by atoms with Gasteiger partial charge in [0.15, 0.2) is 0 Å². The van der Waals surface area contributed by atoms with Crippen molar-refractivity contribution < 1.29 is 8.42 Å². The van der Waals surface area contributed by atoms with Gasteiger partial charge in [-0.3, -0.25) is 9.88 Å². The summed E-state index contributed by atoms with van der Waals surface area (Å²) in [5.74, 6) is 0. The number of aromatic nitrogens is 1. The van der Waals surface area contributed by atoms with Crippen LogP contribution in [0.5, 0.6) is 0 Å². The van der Waals surface area contributed by atoms with E-state index < -0.39 is 10.0 Å². The van der Waals surface area contributed by atoms with E-state index in [1.54, 1.807) is 4.31 Å². The summed E-state index contributed by atoms with van der Waals surface area (Å²) in [6.07, 6.45) is 7.55. The molecule has 0 saturated carbocycles. The Morgan fingerprint density at radius 1 is 1.09 bits per heavy atom. The van der Waals surface area contributed by atoms with Crippen LogP contribution in [-0.4, -0.2) is 55.0 Å². The van der Waals surface area contributed by atoms with Gasteiger partial charge < -0.3 is 0 Å². The Morgan fingerprint density at radius 2 is 1.73 bits per heavy atom. The lowest BCUT2D eigenvalue weighted by atomic mass is 9.71. The van der Waals surface area contributed by atoms with Crippen LogP contribution in [0.4, 0.5) is 0 Å². The molecule has 0 unspecified atom stereocenters. The summed E-state index contributed by atoms with van der Waals surface area (Å²) in [6, 6.07) is 6.06. The van der Waals surface area contributed by atoms with Gasteiger partial charge in [-0.25, -0.2) is 12.7 Å². The molecule has 2 aliphatic rings. The molecule has 0 aromatic carbocycles. The molecule has 5 nitrogen and oxygen atoms in total. The van der Waals surface area contributed by atoms with Crippen molar-refractivity contribution >= 4 is 10.0 Å². The number of hydrogen-bond donors (Lipinski definition) is 0. The van der Waals surface area contributed by atoms with Crippen molar-refractivity contribution in [2.75, 3.05) is 32.4 Å². The molecule has 22 heavy (non-hydrogen) atoms. The third kappa shape index (κ3) is 3.67. The minimum Gasteiger partial charge on any atom is -0.297 e. The summed E-state index contributed by atoms with van der Waals surface area (Å²) in [5, 5.41) is 0. The summed E-state index contributed by atoms with van der Waals surface area (Å²) in [6.45, 7) is 4.50. The van der Waals surface area contributed by atoms with Gasteiger partial charge in [-0.1, -0.05) is 6.07 Å². The minimum absolute atomic E-state index is 0.363. The van der Waals surface area contributed by atoms with Crippen LogP contribution in [0.3, 0.4) is 0 Å². The average Bonchev–Trinajstić information content (AvgIpc) is 2.51. The zero-order chi connectivity index (χ0) is 15.6. The van der Waals surface area contributed by atoms with Crippen molar-refractivity contribution in [3.8, 4) is 0 Å². The minimum atomic E-state index is -3.02. The van der Waals surface area contributed by atoms with E-state index >= 15 is 0 Å². The molecule has 122 valence electrons. The first-order valence-electron chi connectivity index (χ1n) is 8.04. The average molecular weight is 323 g/mol. The summed E-state index contributed by atoms with van der Waals surface area (Å²) in [5.41, 5.74) is 1.49. The van der Waals surface area contributed by atoms with E-state index in [0.717, 1.165) is 38.2 Å². The Balaban J connectivity index is 1.52. The van der Waals surface area contributed by atoms with Crippen molar-refractivity contribution in [2.45, 2.75) is 32.2 Å². The lowest BCUT2D eigenvalue weighted by molar-refractivity contribution is 0.0526. The fourth-order valence-corrected chi connectivity index (χ4v) is 4.54. The highest BCUT2D eigenvalue weighted by Crippen LogP contribution is 2.41. The van der Waals surface area contributed by atoms with E-state index in [1.807, 2.05) is 18.3 Å². The molecule has 3 heterocycles. The summed E-state index contributed by atoms with van der Waals surface area (Å²) in [7, 11) is -3.02. The van der Waals surface area contributed by atoms with Crippen LogP contribution in [0.15, 0.2) is 24.4 Å². The molecule has 2 aliphatic heterocycles. The lowest BCUT2D eigenvalue weighted by Gasteiger charge is -2.46. The molecule has 0 N–H and O–H groups in total. The van der Waals surface area contributed by atoms with Gasteiger partial charge in [0.05, 0.1) is 11.9 Å². The van der Waals surface area contributed by atoms with E-state index in [4.69, 9.17) is 0 Å². The first-order valence-corrected chi connectivity index (χ1v) is 9.89. The van der Waals surface area contributed by atoms with Gasteiger partial charge in [0.2, 0.25) is 10.0 Å². The van der Waals surface area contributed by atoms with Crippen molar-refractivity contribution in [3.63, 3.8) is 0 Å². The highest BCUT2D eigenvalue weighted by atomic mass is 32.2. The van der Waals surface area contributed by atoms with Gasteiger partial charge in [0.1, 0.15) is 0 Å². The summed E-state index contributed by atoms with van der Waals surface area (Å²) in [4.78, 5) is 6.87. The number of piperidine rings is 2. The Hall–Kier alpha value is -0.980. The van der Waals surface area contributed by atoms with Crippen LogP contribution >= 0.6 is 0 Å². The second-order valence-electron chi connectivity index (χ2n) is 6.76. The van der Waals surface area contributed by atoms with Gasteiger partial charge in [0.25, 0.3) is 0 Å². The normalized spacial score (nSPS) is 23.7. The molecule has 1 spiro atoms. The predicted octanol–water partition coefficient (Wildman–Crippen LogP) is 1.72. The fourth-order valence-electron chi connectivity index (χ4n) is 3.70. The van der Waals surface area contributed by atoms with Crippen molar-refractivity contribution in [3.05, 3.63) is 30.1 Å². The topological polar surface area (TPSA) is 53.5 Å². The molecule has 2 fully saturated rings. The number of pyridine rings is 1. The standard InChI is InChI=1S/C16H25N3O2S/c1-22(20,21)19-12-7-16(8-13-19)5-10-18(11-6-16)14-15-4-2-3-9-17-15/h2-4,9H,5-8,10-14H2,1H3. The van der Waals surface area contributed by atoms with E-state index in [1.165, 1.54) is 19.1 Å². The number of sulfonamides is 1. The highest BCUT2D eigenvalue weighted by Gasteiger charge is 2.39. The van der Waals surface area contributed by atoms with Crippen LogP contribution in [-0.2, 0) is 16.6 Å². The Morgan fingerprint density at radius 3 is 2.27 bits per heavy atom. The first-order chi connectivity index (χ1) is 10.5. The summed E-state index contributed by atoms with van der Waals surface area (Å²) >= 11 is 0. The van der Waals surface area contributed by atoms with Crippen molar-refractivity contribution in [1.82, 2.24) is 14.2 Å². The SMILES string of the molecule is CS(=O)(=O)N1CCC2(CCN(Cc3ccccn3)CC2)CC1. The number of hydrogen-bond acceptors (Lipinski definition) is 4. The number of nitrogens with zero attached hydrogens (tertiary/aromatic N) is 3. The third-order valence-corrected chi connectivity index (χ3v) is 6.58. The largest absolute Gasteiger partial charge is 0.297 e. The molecule has 1 aromatic rings. The maximum atomic E-state index is 11.6. The molecule has 2 saturated heterocycles. The Kier molecular flexibility index (Phi) is 4.52. The molecule has 0 bridgehead atoms. The lowest BCUT2D eigenvalue weighted by Crippen LogP contribution is -2.47. The molecular weight excluding hydrogens is 298 g/mol. The number of likely N-dealkylation sites (tertiary alicyclic amines) is 1. The van der Waals surface area contributed by atoms with Crippen molar-refractivity contribution in [1.29, 1.82) is 0 Å². The molecule has 0 radical (unpaired) electrons. The monoisotopic (exact) mass is 323 g/mol. The molecule has 0 aliphatic carbocycles. The van der Waals surface area contributed by atoms with Gasteiger partial charge >= 0.3 is 0 Å². The summed E-state index contributed by atoms with van der Waals surface area (Å²) < 4.78 is 24.9. The van der Waals surface area contributed by atoms with Crippen LogP contribution in [0.1, 0.15) is 31.4 Å². The molecule has 3 rings (SSSR count). The van der Waals surface area contributed by atoms with Crippen LogP contribution < -0.4 is 0 Å². The fraction of sp³-hybridized carbons (Fsp3) is 0.688. The second-order valence-corrected chi connectivity index (χ2v) is 8.74. The van der Waals surface area contributed by atoms with Gasteiger partial charge in [-0.2, -0.15) is 0 Å². The first kappa shape index (κ1) is 15.9. The van der Waals surface area contributed by atoms with Crippen LogP contribution in [0, 0.1) is 5.41 Å². The second kappa shape index (κ2) is 6.26. The number of rotatable bonds is 3. The quantitative estimate of drug-likeness (QED) is 0.850. The van der Waals surface area contributed by atoms with Crippen LogP contribution in [0.2, 0.25) is 0 Å². The highest BCUT2D eigenvalue weighted by molar-refractivity contribution is 7.88. The molecule has 1 aromatic heterocycles. The zero-order valence-corrected chi connectivity index (χ0v) is 14.1. The van der Waals surface area contributed by atoms with E-state index in [9.17, 15) is 8.42 Å². The molecule has 0 amide bonds. The molecule has 0 atom stereocenters. The van der Waals surface area contributed by atoms with Gasteiger partial charge in [0, 0.05) is 25.8 Å². The smallest absolute Gasteiger partial charge is 0.211 e. The van der Waals surface area contributed by atoms with Gasteiger partial charge in [-0.05, 0) is 56.3 Å². The van der Waals surface area contributed by atoms with E-state index in [-0.39, 0.29) is 0 Å². The third-order valence-electron chi connectivity index (χ3n) is 5.28. The Labute approximate surface area is 133 Å². The Bertz CT molecular complexity index is 585. The maximum Gasteiger partial charge on any atom is 0.211 e. The van der Waals surface area contributed by atoms with Gasteiger partial charge in [-0.15, -0.1) is 0 Å². The molecular formula is C16H25N3O2S. The van der Waals surface area contributed by atoms with E-state index in [0.29, 0.717) is 18.5 Å². The van der Waals surface area contributed by atoms with E-state index in [2.05, 4.69) is 16.0 Å².